The molecule has 3 rings (SSSR count). The largest absolute Gasteiger partial charge is 0.350 e. The van der Waals surface area contributed by atoms with Crippen LogP contribution in [-0.4, -0.2) is 53.0 Å². The summed E-state index contributed by atoms with van der Waals surface area (Å²) in [6.45, 7) is 2.51. The van der Waals surface area contributed by atoms with Crippen molar-refractivity contribution in [2.24, 2.45) is 0 Å². The van der Waals surface area contributed by atoms with E-state index in [1.807, 2.05) is 0 Å². The summed E-state index contributed by atoms with van der Waals surface area (Å²) in [5.74, 6) is -0.515. The number of nitrogens with zero attached hydrogens (tertiary/aromatic N) is 3. The van der Waals surface area contributed by atoms with Gasteiger partial charge < -0.3 is 16.0 Å². The maximum Gasteiger partial charge on any atom is 0.273 e. The predicted octanol–water partition coefficient (Wildman–Crippen LogP) is 1.02. The van der Waals surface area contributed by atoms with Crippen molar-refractivity contribution in [3.63, 3.8) is 0 Å². The van der Waals surface area contributed by atoms with E-state index in [0.29, 0.717) is 23.7 Å². The molecule has 8 nitrogen and oxygen atoms in total. The molecule has 0 atom stereocenters. The number of benzene rings is 1. The fraction of sp³-hybridized carbons (Fsp3) is 0.412. The summed E-state index contributed by atoms with van der Waals surface area (Å²) in [4.78, 5) is 24.1. The second-order valence-electron chi connectivity index (χ2n) is 6.08. The molecule has 1 saturated heterocycles. The zero-order chi connectivity index (χ0) is 18.4. The molecule has 1 aromatic carbocycles. The molecule has 26 heavy (non-hydrogen) atoms. The molecule has 1 fully saturated rings. The minimum Gasteiger partial charge on any atom is -0.350 e. The third kappa shape index (κ3) is 4.80. The molecular weight excluding hydrogens is 356 g/mol. The Hall–Kier alpha value is -2.45. The molecule has 0 bridgehead atoms. The zero-order valence-electron chi connectivity index (χ0n) is 14.2. The van der Waals surface area contributed by atoms with Crippen molar-refractivity contribution in [2.75, 3.05) is 26.2 Å². The number of hydrogen-bond acceptors (Lipinski definition) is 5. The number of piperidine rings is 1. The second-order valence-corrected chi connectivity index (χ2v) is 6.52. The van der Waals surface area contributed by atoms with Gasteiger partial charge in [0.15, 0.2) is 5.69 Å². The summed E-state index contributed by atoms with van der Waals surface area (Å²) >= 11 is 5.79. The summed E-state index contributed by atoms with van der Waals surface area (Å²) in [6.07, 6.45) is 3.62. The van der Waals surface area contributed by atoms with Gasteiger partial charge in [-0.2, -0.15) is 0 Å². The average Bonchev–Trinajstić information content (AvgIpc) is 3.16. The first-order valence-electron chi connectivity index (χ1n) is 8.58. The Labute approximate surface area is 156 Å². The van der Waals surface area contributed by atoms with Crippen molar-refractivity contribution in [1.82, 2.24) is 30.9 Å². The molecule has 0 saturated carbocycles. The molecule has 1 aliphatic heterocycles. The van der Waals surface area contributed by atoms with Crippen LogP contribution in [0, 0.1) is 0 Å². The topological polar surface area (TPSA) is 101 Å². The van der Waals surface area contributed by atoms with Crippen LogP contribution >= 0.6 is 11.6 Å². The van der Waals surface area contributed by atoms with Gasteiger partial charge in [0.1, 0.15) is 0 Å². The highest BCUT2D eigenvalue weighted by Crippen LogP contribution is 2.16. The normalized spacial score (nSPS) is 14.8. The van der Waals surface area contributed by atoms with Crippen LogP contribution < -0.4 is 16.0 Å². The molecule has 2 amide bonds. The lowest BCUT2D eigenvalue weighted by atomic mass is 10.1. The number of carbonyl (C=O) groups excluding carboxylic acids is 2. The zero-order valence-corrected chi connectivity index (χ0v) is 15.0. The third-order valence-electron chi connectivity index (χ3n) is 4.23. The highest BCUT2D eigenvalue weighted by Gasteiger charge is 2.18. The molecule has 0 spiro atoms. The third-order valence-corrected chi connectivity index (χ3v) is 4.48. The summed E-state index contributed by atoms with van der Waals surface area (Å²) in [7, 11) is 0. The van der Waals surface area contributed by atoms with Crippen molar-refractivity contribution in [1.29, 1.82) is 0 Å². The highest BCUT2D eigenvalue weighted by atomic mass is 35.5. The van der Waals surface area contributed by atoms with Gasteiger partial charge in [-0.1, -0.05) is 16.8 Å². The molecule has 1 aromatic heterocycles. The monoisotopic (exact) mass is 376 g/mol. The lowest BCUT2D eigenvalue weighted by molar-refractivity contribution is 0.0925. The van der Waals surface area contributed by atoms with Crippen LogP contribution in [0.5, 0.6) is 0 Å². The van der Waals surface area contributed by atoms with Crippen molar-refractivity contribution in [3.05, 3.63) is 46.7 Å². The van der Waals surface area contributed by atoms with Crippen LogP contribution in [0.3, 0.4) is 0 Å². The molecule has 2 heterocycles. The lowest BCUT2D eigenvalue weighted by Gasteiger charge is -2.22. The van der Waals surface area contributed by atoms with Crippen LogP contribution in [0.15, 0.2) is 30.5 Å². The Balaban J connectivity index is 1.42. The van der Waals surface area contributed by atoms with Gasteiger partial charge in [-0.3, -0.25) is 9.59 Å². The highest BCUT2D eigenvalue weighted by molar-refractivity contribution is 6.30. The SMILES string of the molecule is O=C(NCCNC(=O)c1cn(C2CCNCC2)nn1)c1ccc(Cl)cc1. The molecule has 9 heteroatoms. The maximum atomic E-state index is 12.1. The van der Waals surface area contributed by atoms with E-state index in [0.717, 1.165) is 25.9 Å². The van der Waals surface area contributed by atoms with Crippen molar-refractivity contribution < 1.29 is 9.59 Å². The summed E-state index contributed by atoms with van der Waals surface area (Å²) < 4.78 is 1.76. The summed E-state index contributed by atoms with van der Waals surface area (Å²) in [6, 6.07) is 6.89. The van der Waals surface area contributed by atoms with Gasteiger partial charge in [-0.05, 0) is 50.2 Å². The molecule has 2 aromatic rings. The number of halogens is 1. The van der Waals surface area contributed by atoms with Crippen LogP contribution in [-0.2, 0) is 0 Å². The van der Waals surface area contributed by atoms with Gasteiger partial charge in [0, 0.05) is 23.7 Å². The van der Waals surface area contributed by atoms with Crippen molar-refractivity contribution in [2.45, 2.75) is 18.9 Å². The molecule has 0 unspecified atom stereocenters. The summed E-state index contributed by atoms with van der Waals surface area (Å²) in [5.41, 5.74) is 0.804. The van der Waals surface area contributed by atoms with Gasteiger partial charge in [-0.15, -0.1) is 5.10 Å². The van der Waals surface area contributed by atoms with Gasteiger partial charge in [0.25, 0.3) is 11.8 Å². The first-order valence-corrected chi connectivity index (χ1v) is 8.96. The molecule has 0 radical (unpaired) electrons. The number of carbonyl (C=O) groups is 2. The Morgan fingerprint density at radius 1 is 1.12 bits per heavy atom. The van der Waals surface area contributed by atoms with E-state index in [9.17, 15) is 9.59 Å². The van der Waals surface area contributed by atoms with Crippen molar-refractivity contribution in [3.8, 4) is 0 Å². The van der Waals surface area contributed by atoms with Crippen molar-refractivity contribution >= 4 is 23.4 Å². The number of amides is 2. The number of rotatable bonds is 6. The minimum absolute atomic E-state index is 0.215. The standard InChI is InChI=1S/C17H21ClN6O2/c18-13-3-1-12(2-4-13)16(25)20-9-10-21-17(26)15-11-24(23-22-15)14-5-7-19-8-6-14/h1-4,11,14,19H,5-10H2,(H,20,25)(H,21,26). The van der Waals surface area contributed by atoms with Gasteiger partial charge in [0.2, 0.25) is 0 Å². The van der Waals surface area contributed by atoms with Crippen LogP contribution in [0.4, 0.5) is 0 Å². The molecular formula is C17H21ClN6O2. The first-order chi connectivity index (χ1) is 12.6. The molecule has 138 valence electrons. The molecule has 3 N–H and O–H groups in total. The maximum absolute atomic E-state index is 12.1. The van der Waals surface area contributed by atoms with E-state index in [1.165, 1.54) is 0 Å². The van der Waals surface area contributed by atoms with Gasteiger partial charge in [-0.25, -0.2) is 4.68 Å². The Kier molecular flexibility index (Phi) is 6.19. The van der Waals surface area contributed by atoms with E-state index >= 15 is 0 Å². The number of aromatic nitrogens is 3. The van der Waals surface area contributed by atoms with Crippen LogP contribution in [0.1, 0.15) is 39.7 Å². The average molecular weight is 377 g/mol. The van der Waals surface area contributed by atoms with Crippen LogP contribution in [0.25, 0.3) is 0 Å². The number of nitrogens with one attached hydrogen (secondary N) is 3. The van der Waals surface area contributed by atoms with E-state index < -0.39 is 0 Å². The minimum atomic E-state index is -0.300. The molecule has 0 aliphatic carbocycles. The Morgan fingerprint density at radius 3 is 2.46 bits per heavy atom. The van der Waals surface area contributed by atoms with E-state index in [4.69, 9.17) is 11.6 Å². The first kappa shape index (κ1) is 18.3. The van der Waals surface area contributed by atoms with Crippen LogP contribution in [0.2, 0.25) is 5.02 Å². The van der Waals surface area contributed by atoms with E-state index in [2.05, 4.69) is 26.3 Å². The second kappa shape index (κ2) is 8.77. The number of hydrogen-bond donors (Lipinski definition) is 3. The fourth-order valence-electron chi connectivity index (χ4n) is 2.78. The Bertz CT molecular complexity index is 755. The van der Waals surface area contributed by atoms with E-state index in [-0.39, 0.29) is 23.6 Å². The quantitative estimate of drug-likeness (QED) is 0.653. The smallest absolute Gasteiger partial charge is 0.273 e. The lowest BCUT2D eigenvalue weighted by Crippen LogP contribution is -2.34. The fourth-order valence-corrected chi connectivity index (χ4v) is 2.90. The van der Waals surface area contributed by atoms with E-state index in [1.54, 1.807) is 35.1 Å². The summed E-state index contributed by atoms with van der Waals surface area (Å²) in [5, 5.41) is 17.3. The predicted molar refractivity (Wildman–Crippen MR) is 97.3 cm³/mol. The molecule has 1 aliphatic rings. The van der Waals surface area contributed by atoms with Gasteiger partial charge in [0.05, 0.1) is 12.2 Å². The Morgan fingerprint density at radius 2 is 1.77 bits per heavy atom. The van der Waals surface area contributed by atoms with Gasteiger partial charge >= 0.3 is 0 Å².